The molecule has 0 saturated carbocycles. The first-order valence-electron chi connectivity index (χ1n) is 16.6. The molecule has 2 aliphatic heterocycles. The van der Waals surface area contributed by atoms with Crippen LogP contribution in [0.2, 0.25) is 5.02 Å². The average molecular weight is 753 g/mol. The largest absolute Gasteiger partial charge is 0.504 e. The SMILES string of the molecule is CCc1c(N2CCN(C(=O)c3ncnc(C)c3O)CC2)c(=O)n2nc(-c3cncc4c3COCC4)nc2n1CC(=O)Nc1ccc(C(F)(F)F)cc1Cl. The number of rotatable bonds is 7. The van der Waals surface area contributed by atoms with Gasteiger partial charge in [-0.2, -0.15) is 22.7 Å². The van der Waals surface area contributed by atoms with Crippen LogP contribution in [0.15, 0.2) is 41.7 Å². The molecular weight excluding hydrogens is 721 g/mol. The molecule has 276 valence electrons. The Labute approximate surface area is 304 Å². The summed E-state index contributed by atoms with van der Waals surface area (Å²) in [5.74, 6) is -1.20. The first-order valence-corrected chi connectivity index (χ1v) is 17.0. The normalized spacial score (nSPS) is 14.8. The molecule has 2 N–H and O–H groups in total. The van der Waals surface area contributed by atoms with Gasteiger partial charge in [0, 0.05) is 44.1 Å². The number of carbonyl (C=O) groups excluding carboxylic acids is 2. The number of pyridine rings is 1. The second-order valence-electron chi connectivity index (χ2n) is 12.5. The molecule has 0 bridgehead atoms. The summed E-state index contributed by atoms with van der Waals surface area (Å²) in [4.78, 5) is 61.5. The molecule has 1 fully saturated rings. The summed E-state index contributed by atoms with van der Waals surface area (Å²) in [5.41, 5.74) is 1.67. The number of alkyl halides is 3. The van der Waals surface area contributed by atoms with E-state index in [1.165, 1.54) is 11.2 Å². The van der Waals surface area contributed by atoms with Gasteiger partial charge in [-0.1, -0.05) is 18.5 Å². The molecule has 1 saturated heterocycles. The van der Waals surface area contributed by atoms with Gasteiger partial charge < -0.3 is 29.5 Å². The first-order chi connectivity index (χ1) is 25.3. The summed E-state index contributed by atoms with van der Waals surface area (Å²) < 4.78 is 48.1. The van der Waals surface area contributed by atoms with Crippen molar-refractivity contribution in [3.63, 3.8) is 0 Å². The van der Waals surface area contributed by atoms with Gasteiger partial charge in [-0.3, -0.25) is 19.4 Å². The molecule has 15 nitrogen and oxygen atoms in total. The quantitative estimate of drug-likeness (QED) is 0.249. The van der Waals surface area contributed by atoms with Gasteiger partial charge in [0.2, 0.25) is 11.7 Å². The van der Waals surface area contributed by atoms with Crippen LogP contribution >= 0.6 is 11.6 Å². The van der Waals surface area contributed by atoms with Crippen molar-refractivity contribution in [2.24, 2.45) is 0 Å². The summed E-state index contributed by atoms with van der Waals surface area (Å²) in [7, 11) is 0. The third kappa shape index (κ3) is 6.74. The predicted molar refractivity (Wildman–Crippen MR) is 185 cm³/mol. The van der Waals surface area contributed by atoms with E-state index in [2.05, 4.69) is 25.4 Å². The van der Waals surface area contributed by atoms with Crippen molar-refractivity contribution in [3.05, 3.63) is 86.1 Å². The zero-order chi connectivity index (χ0) is 37.6. The molecule has 19 heteroatoms. The summed E-state index contributed by atoms with van der Waals surface area (Å²) in [5, 5.41) is 17.3. The Morgan fingerprint density at radius 3 is 2.60 bits per heavy atom. The van der Waals surface area contributed by atoms with E-state index in [-0.39, 0.29) is 77.7 Å². The highest BCUT2D eigenvalue weighted by molar-refractivity contribution is 6.33. The van der Waals surface area contributed by atoms with Crippen LogP contribution in [0.4, 0.5) is 24.5 Å². The van der Waals surface area contributed by atoms with Crippen molar-refractivity contribution in [2.45, 2.75) is 46.0 Å². The van der Waals surface area contributed by atoms with E-state index in [1.54, 1.807) is 28.8 Å². The van der Waals surface area contributed by atoms with Gasteiger partial charge in [-0.15, -0.1) is 5.10 Å². The van der Waals surface area contributed by atoms with Crippen LogP contribution in [0.3, 0.4) is 0 Å². The molecule has 2 aliphatic rings. The fraction of sp³-hybridized carbons (Fsp3) is 0.353. The molecule has 6 heterocycles. The molecule has 5 aromatic rings. The standard InChI is InChI=1S/C34H32ClF3N10O5/c1-3-25-28(45-7-9-46(10-8-45)31(51)27-29(50)18(2)40-17-41-27)32(52)48-33(43-30(44-48)21-14-39-13-19-6-11-53-16-22(19)21)47(25)15-26(49)42-24-5-4-20(12-23(24)35)34(36,37)38/h4-5,12-14,17,50H,3,6-11,15-16H2,1-2H3,(H,42,49). The van der Waals surface area contributed by atoms with Crippen molar-refractivity contribution >= 4 is 40.6 Å². The average Bonchev–Trinajstić information content (AvgIpc) is 3.60. The lowest BCUT2D eigenvalue weighted by Crippen LogP contribution is -2.51. The number of halogens is 4. The van der Waals surface area contributed by atoms with E-state index in [0.29, 0.717) is 30.9 Å². The molecule has 0 aliphatic carbocycles. The Hall–Kier alpha value is -5.62. The summed E-state index contributed by atoms with van der Waals surface area (Å²) in [6.45, 7) is 4.57. The van der Waals surface area contributed by atoms with Crippen molar-refractivity contribution < 1.29 is 32.6 Å². The second kappa shape index (κ2) is 14.1. The van der Waals surface area contributed by atoms with Crippen LogP contribution in [-0.4, -0.2) is 88.7 Å². The lowest BCUT2D eigenvalue weighted by Gasteiger charge is -2.36. The van der Waals surface area contributed by atoms with Crippen molar-refractivity contribution in [2.75, 3.05) is 43.0 Å². The van der Waals surface area contributed by atoms with Gasteiger partial charge in [-0.25, -0.2) is 9.97 Å². The maximum absolute atomic E-state index is 14.4. The lowest BCUT2D eigenvalue weighted by atomic mass is 10.0. The molecule has 7 rings (SSSR count). The Morgan fingerprint density at radius 1 is 1.11 bits per heavy atom. The van der Waals surface area contributed by atoms with E-state index in [0.717, 1.165) is 33.8 Å². The third-order valence-corrected chi connectivity index (χ3v) is 9.59. The maximum Gasteiger partial charge on any atom is 0.416 e. The number of aromatic hydroxyl groups is 1. The van der Waals surface area contributed by atoms with E-state index in [4.69, 9.17) is 21.3 Å². The van der Waals surface area contributed by atoms with Crippen LogP contribution < -0.4 is 15.8 Å². The number of piperazine rings is 1. The highest BCUT2D eigenvalue weighted by Gasteiger charge is 2.33. The number of anilines is 2. The molecule has 0 atom stereocenters. The summed E-state index contributed by atoms with van der Waals surface area (Å²) >= 11 is 6.14. The van der Waals surface area contributed by atoms with Gasteiger partial charge in [0.1, 0.15) is 18.6 Å². The number of nitrogens with zero attached hydrogens (tertiary/aromatic N) is 9. The number of amides is 2. The van der Waals surface area contributed by atoms with Crippen LogP contribution in [0.1, 0.15) is 45.5 Å². The minimum Gasteiger partial charge on any atom is -0.504 e. The number of aromatic nitrogens is 7. The zero-order valence-corrected chi connectivity index (χ0v) is 29.2. The smallest absolute Gasteiger partial charge is 0.416 e. The molecule has 53 heavy (non-hydrogen) atoms. The fourth-order valence-electron chi connectivity index (χ4n) is 6.54. The Bertz CT molecular complexity index is 2320. The van der Waals surface area contributed by atoms with E-state index in [1.807, 2.05) is 6.92 Å². The number of carbonyl (C=O) groups is 2. The van der Waals surface area contributed by atoms with Crippen LogP contribution in [0.5, 0.6) is 5.75 Å². The van der Waals surface area contributed by atoms with E-state index < -0.39 is 35.7 Å². The van der Waals surface area contributed by atoms with Crippen molar-refractivity contribution in [1.29, 1.82) is 0 Å². The predicted octanol–water partition coefficient (Wildman–Crippen LogP) is 3.67. The minimum absolute atomic E-state index is 0.0325. The molecule has 0 spiro atoms. The summed E-state index contributed by atoms with van der Waals surface area (Å²) in [6.07, 6.45) is 0.815. The molecule has 0 radical (unpaired) electrons. The van der Waals surface area contributed by atoms with Gasteiger partial charge in [0.05, 0.1) is 40.9 Å². The van der Waals surface area contributed by atoms with Gasteiger partial charge in [-0.05, 0) is 49.1 Å². The molecular formula is C34H32ClF3N10O5. The van der Waals surface area contributed by atoms with Crippen LogP contribution in [-0.2, 0) is 41.7 Å². The molecule has 2 amide bonds. The molecule has 1 aromatic carbocycles. The molecule has 0 unspecified atom stereocenters. The molecule has 4 aromatic heterocycles. The fourth-order valence-corrected chi connectivity index (χ4v) is 6.77. The van der Waals surface area contributed by atoms with E-state index in [9.17, 15) is 32.7 Å². The van der Waals surface area contributed by atoms with E-state index >= 15 is 0 Å². The van der Waals surface area contributed by atoms with Gasteiger partial charge in [0.25, 0.3) is 11.5 Å². The number of hydrogen-bond donors (Lipinski definition) is 2. The Balaban J connectivity index is 1.27. The number of ether oxygens (including phenoxy) is 1. The van der Waals surface area contributed by atoms with Crippen LogP contribution in [0, 0.1) is 6.92 Å². The number of fused-ring (bicyclic) bond motifs is 2. The minimum atomic E-state index is -4.62. The highest BCUT2D eigenvalue weighted by Crippen LogP contribution is 2.34. The third-order valence-electron chi connectivity index (χ3n) is 9.27. The Morgan fingerprint density at radius 2 is 1.89 bits per heavy atom. The number of hydrogen-bond acceptors (Lipinski definition) is 11. The lowest BCUT2D eigenvalue weighted by molar-refractivity contribution is -0.137. The number of nitrogens with one attached hydrogen (secondary N) is 1. The van der Waals surface area contributed by atoms with Gasteiger partial charge >= 0.3 is 6.18 Å². The second-order valence-corrected chi connectivity index (χ2v) is 12.9. The van der Waals surface area contributed by atoms with Gasteiger partial charge in [0.15, 0.2) is 17.3 Å². The number of benzene rings is 1. The monoisotopic (exact) mass is 752 g/mol. The highest BCUT2D eigenvalue weighted by atomic mass is 35.5. The number of aryl methyl sites for hydroxylation is 1. The van der Waals surface area contributed by atoms with Crippen molar-refractivity contribution in [3.8, 4) is 17.1 Å². The van der Waals surface area contributed by atoms with Crippen molar-refractivity contribution in [1.82, 2.24) is 39.0 Å². The first kappa shape index (κ1) is 35.8. The maximum atomic E-state index is 14.4. The Kier molecular flexibility index (Phi) is 9.50. The topological polar surface area (TPSA) is 173 Å². The van der Waals surface area contributed by atoms with Crippen LogP contribution in [0.25, 0.3) is 17.2 Å². The summed E-state index contributed by atoms with van der Waals surface area (Å²) in [6, 6.07) is 2.61. The zero-order valence-electron chi connectivity index (χ0n) is 28.4.